The third-order valence-electron chi connectivity index (χ3n) is 8.98. The summed E-state index contributed by atoms with van der Waals surface area (Å²) in [5.41, 5.74) is 2.95. The standard InChI is InChI=1S/C35H43F3N6O4Si/c1-22(47-2)16-39-17-26-15-30-32(44(26)21-48-10-11-49(3,4)5)34(46)43(20-40-30)31-13-24(12-29(41-31)23-6-7-23)27-9-8-25(36)14-28(27)33(45)42-18-35(37,38)19-42/h8-9,12-15,20,22-23,39H,6-7,10-11,16-19,21H2,1-5H3/t22-/m0/s1. The maximum Gasteiger partial charge on any atom is 0.283 e. The quantitative estimate of drug-likeness (QED) is 0.132. The fourth-order valence-electron chi connectivity index (χ4n) is 5.85. The highest BCUT2D eigenvalue weighted by Gasteiger charge is 2.46. The number of aromatic nitrogens is 4. The molecule has 0 bridgehead atoms. The molecular weight excluding hydrogens is 654 g/mol. The van der Waals surface area contributed by atoms with Gasteiger partial charge in [0, 0.05) is 52.2 Å². The molecule has 1 aliphatic carbocycles. The van der Waals surface area contributed by atoms with Gasteiger partial charge in [-0.2, -0.15) is 0 Å². The summed E-state index contributed by atoms with van der Waals surface area (Å²) in [6.45, 7) is 9.18. The van der Waals surface area contributed by atoms with Gasteiger partial charge in [-0.25, -0.2) is 27.7 Å². The largest absolute Gasteiger partial charge is 0.380 e. The number of amides is 1. The van der Waals surface area contributed by atoms with Crippen LogP contribution >= 0.6 is 0 Å². The van der Waals surface area contributed by atoms with Crippen LogP contribution in [0.2, 0.25) is 25.7 Å². The predicted octanol–water partition coefficient (Wildman–Crippen LogP) is 5.79. The number of alkyl halides is 2. The van der Waals surface area contributed by atoms with E-state index >= 15 is 0 Å². The van der Waals surface area contributed by atoms with Crippen LogP contribution in [0.4, 0.5) is 13.2 Å². The lowest BCUT2D eigenvalue weighted by atomic mass is 9.96. The van der Waals surface area contributed by atoms with Crippen molar-refractivity contribution in [3.8, 4) is 16.9 Å². The van der Waals surface area contributed by atoms with Crippen molar-refractivity contribution in [3.63, 3.8) is 0 Å². The molecule has 2 fully saturated rings. The van der Waals surface area contributed by atoms with Gasteiger partial charge in [0.15, 0.2) is 0 Å². The van der Waals surface area contributed by atoms with Crippen LogP contribution in [0.5, 0.6) is 0 Å². The Kier molecular flexibility index (Phi) is 9.86. The number of ether oxygens (including phenoxy) is 2. The van der Waals surface area contributed by atoms with Crippen molar-refractivity contribution in [3.05, 3.63) is 75.8 Å². The van der Waals surface area contributed by atoms with Crippen molar-refractivity contribution in [1.82, 2.24) is 29.3 Å². The van der Waals surface area contributed by atoms with E-state index in [-0.39, 0.29) is 35.7 Å². The average Bonchev–Trinajstić information content (AvgIpc) is 3.83. The number of nitrogens with one attached hydrogen (secondary N) is 1. The molecule has 1 atom stereocenters. The lowest BCUT2D eigenvalue weighted by Gasteiger charge is -2.39. The minimum Gasteiger partial charge on any atom is -0.380 e. The first-order valence-corrected chi connectivity index (χ1v) is 20.3. The Balaban J connectivity index is 1.41. The number of hydrogen-bond acceptors (Lipinski definition) is 7. The number of carbonyl (C=O) groups excluding carboxylic acids is 1. The smallest absolute Gasteiger partial charge is 0.283 e. The van der Waals surface area contributed by atoms with Crippen molar-refractivity contribution in [2.75, 3.05) is 33.4 Å². The molecule has 6 rings (SSSR count). The lowest BCUT2D eigenvalue weighted by Crippen LogP contribution is -2.58. The summed E-state index contributed by atoms with van der Waals surface area (Å²) in [5.74, 6) is -3.85. The van der Waals surface area contributed by atoms with Gasteiger partial charge in [0.05, 0.1) is 30.3 Å². The Hall–Kier alpha value is -3.85. The van der Waals surface area contributed by atoms with E-state index in [0.717, 1.165) is 41.2 Å². The summed E-state index contributed by atoms with van der Waals surface area (Å²) in [4.78, 5) is 38.1. The summed E-state index contributed by atoms with van der Waals surface area (Å²) in [7, 11) is 0.312. The van der Waals surface area contributed by atoms with Crippen molar-refractivity contribution < 1.29 is 27.4 Å². The van der Waals surface area contributed by atoms with Gasteiger partial charge in [-0.05, 0) is 67.3 Å². The number of benzene rings is 1. The van der Waals surface area contributed by atoms with Gasteiger partial charge < -0.3 is 24.3 Å². The number of nitrogens with zero attached hydrogens (tertiary/aromatic N) is 5. The number of halogens is 3. The van der Waals surface area contributed by atoms with E-state index in [4.69, 9.17) is 14.5 Å². The summed E-state index contributed by atoms with van der Waals surface area (Å²) in [5, 5.41) is 3.38. The van der Waals surface area contributed by atoms with E-state index in [0.29, 0.717) is 41.9 Å². The average molecular weight is 697 g/mol. The van der Waals surface area contributed by atoms with E-state index < -0.39 is 38.8 Å². The number of hydrogen-bond donors (Lipinski definition) is 1. The van der Waals surface area contributed by atoms with E-state index in [1.807, 2.05) is 23.6 Å². The highest BCUT2D eigenvalue weighted by atomic mass is 28.3. The number of methoxy groups -OCH3 is 1. The van der Waals surface area contributed by atoms with Gasteiger partial charge in [-0.1, -0.05) is 25.7 Å². The number of fused-ring (bicyclic) bond motifs is 1. The Labute approximate surface area is 284 Å². The summed E-state index contributed by atoms with van der Waals surface area (Å²) < 4.78 is 56.5. The molecule has 2 aliphatic rings. The summed E-state index contributed by atoms with van der Waals surface area (Å²) in [6.07, 6.45) is 3.27. The van der Waals surface area contributed by atoms with Crippen LogP contribution in [0.25, 0.3) is 28.0 Å². The maximum absolute atomic E-state index is 14.5. The van der Waals surface area contributed by atoms with Crippen molar-refractivity contribution in [2.24, 2.45) is 0 Å². The second-order valence-corrected chi connectivity index (χ2v) is 20.0. The normalized spacial score (nSPS) is 16.6. The molecule has 1 N–H and O–H groups in total. The highest BCUT2D eigenvalue weighted by Crippen LogP contribution is 2.41. The van der Waals surface area contributed by atoms with E-state index in [2.05, 4.69) is 29.9 Å². The molecule has 0 unspecified atom stereocenters. The first kappa shape index (κ1) is 35.0. The molecule has 1 aliphatic heterocycles. The first-order valence-electron chi connectivity index (χ1n) is 16.6. The zero-order chi connectivity index (χ0) is 35.1. The molecule has 1 amide bonds. The molecule has 0 radical (unpaired) electrons. The number of pyridine rings is 1. The van der Waals surface area contributed by atoms with Gasteiger partial charge in [0.2, 0.25) is 0 Å². The molecule has 10 nitrogen and oxygen atoms in total. The minimum absolute atomic E-state index is 0.00366. The molecule has 262 valence electrons. The summed E-state index contributed by atoms with van der Waals surface area (Å²) in [6, 6.07) is 10.1. The van der Waals surface area contributed by atoms with Crippen LogP contribution in [0.1, 0.15) is 47.4 Å². The van der Waals surface area contributed by atoms with Gasteiger partial charge in [0.1, 0.15) is 30.2 Å². The zero-order valence-electron chi connectivity index (χ0n) is 28.6. The van der Waals surface area contributed by atoms with Gasteiger partial charge in [-0.3, -0.25) is 9.59 Å². The third-order valence-corrected chi connectivity index (χ3v) is 10.7. The van der Waals surface area contributed by atoms with Crippen molar-refractivity contribution in [1.29, 1.82) is 0 Å². The van der Waals surface area contributed by atoms with Crippen LogP contribution in [-0.2, 0) is 22.7 Å². The SMILES string of the molecule is CO[C@@H](C)CNCc1cc2ncn(-c3cc(-c4ccc(F)cc4C(=O)N4CC(F)(F)C4)cc(C4CC4)n3)c(=O)c2n1COCC[Si](C)(C)C. The topological polar surface area (TPSA) is 104 Å². The monoisotopic (exact) mass is 696 g/mol. The van der Waals surface area contributed by atoms with E-state index in [1.54, 1.807) is 13.2 Å². The Morgan fingerprint density at radius 3 is 2.57 bits per heavy atom. The second kappa shape index (κ2) is 13.8. The lowest BCUT2D eigenvalue weighted by molar-refractivity contribution is -0.113. The van der Waals surface area contributed by atoms with Gasteiger partial charge >= 0.3 is 0 Å². The Morgan fingerprint density at radius 1 is 1.14 bits per heavy atom. The Morgan fingerprint density at radius 2 is 1.90 bits per heavy atom. The van der Waals surface area contributed by atoms with Crippen LogP contribution in [0.3, 0.4) is 0 Å². The second-order valence-electron chi connectivity index (χ2n) is 14.4. The molecule has 0 spiro atoms. The number of rotatable bonds is 14. The highest BCUT2D eigenvalue weighted by molar-refractivity contribution is 6.76. The molecule has 49 heavy (non-hydrogen) atoms. The van der Waals surface area contributed by atoms with Gasteiger partial charge in [0.25, 0.3) is 17.4 Å². The molecule has 1 aromatic carbocycles. The molecule has 14 heteroatoms. The molecule has 1 saturated carbocycles. The minimum atomic E-state index is -2.96. The summed E-state index contributed by atoms with van der Waals surface area (Å²) >= 11 is 0. The number of likely N-dealkylation sites (tertiary alicyclic amines) is 1. The van der Waals surface area contributed by atoms with Crippen molar-refractivity contribution >= 4 is 25.0 Å². The molecular formula is C35H43F3N6O4Si. The zero-order valence-corrected chi connectivity index (χ0v) is 29.6. The molecule has 1 saturated heterocycles. The predicted molar refractivity (Wildman–Crippen MR) is 184 cm³/mol. The van der Waals surface area contributed by atoms with E-state index in [1.165, 1.54) is 23.0 Å². The number of carbonyl (C=O) groups is 1. The first-order chi connectivity index (χ1) is 23.2. The maximum atomic E-state index is 14.5. The Bertz CT molecular complexity index is 1910. The molecule has 4 aromatic rings. The van der Waals surface area contributed by atoms with Crippen LogP contribution < -0.4 is 10.9 Å². The third kappa shape index (κ3) is 7.98. The van der Waals surface area contributed by atoms with Crippen molar-refractivity contribution in [2.45, 2.75) is 76.7 Å². The fourth-order valence-corrected chi connectivity index (χ4v) is 6.61. The fraction of sp³-hybridized carbons (Fsp3) is 0.486. The van der Waals surface area contributed by atoms with Crippen LogP contribution in [-0.4, -0.2) is 83.4 Å². The molecule has 4 heterocycles. The van der Waals surface area contributed by atoms with Gasteiger partial charge in [-0.15, -0.1) is 0 Å². The van der Waals surface area contributed by atoms with Crippen LogP contribution in [0, 0.1) is 5.82 Å². The molecule has 3 aromatic heterocycles. The van der Waals surface area contributed by atoms with E-state index in [9.17, 15) is 22.8 Å². The van der Waals surface area contributed by atoms with Crippen LogP contribution in [0.15, 0.2) is 47.5 Å².